The molecule has 1 aromatic carbocycles. The zero-order chi connectivity index (χ0) is 15.5. The highest BCUT2D eigenvalue weighted by atomic mass is 19.4. The molecule has 1 fully saturated rings. The first kappa shape index (κ1) is 16.3. The third kappa shape index (κ3) is 4.19. The molecular weight excluding hydrogens is 282 g/mol. The Kier molecular flexibility index (Phi) is 5.25. The fourth-order valence-corrected chi connectivity index (χ4v) is 3.13. The van der Waals surface area contributed by atoms with E-state index in [1.54, 1.807) is 0 Å². The van der Waals surface area contributed by atoms with E-state index in [-0.39, 0.29) is 11.6 Å². The molecule has 1 aliphatic carbocycles. The van der Waals surface area contributed by atoms with Crippen molar-refractivity contribution in [3.05, 3.63) is 35.1 Å². The number of alkyl halides is 3. The predicted octanol–water partition coefficient (Wildman–Crippen LogP) is 5.08. The lowest BCUT2D eigenvalue weighted by Gasteiger charge is -2.23. The highest BCUT2D eigenvalue weighted by molar-refractivity contribution is 5.29. The van der Waals surface area contributed by atoms with E-state index in [4.69, 9.17) is 0 Å². The fraction of sp³-hybridized carbons (Fsp3) is 0.625. The highest BCUT2D eigenvalue weighted by Crippen LogP contribution is 2.36. The van der Waals surface area contributed by atoms with Gasteiger partial charge in [0.25, 0.3) is 0 Å². The molecule has 0 spiro atoms. The molecule has 1 unspecified atom stereocenters. The van der Waals surface area contributed by atoms with Crippen molar-refractivity contribution in [2.75, 3.05) is 6.54 Å². The second-order valence-electron chi connectivity index (χ2n) is 5.73. The first-order chi connectivity index (χ1) is 9.91. The van der Waals surface area contributed by atoms with Gasteiger partial charge in [-0.05, 0) is 37.1 Å². The van der Waals surface area contributed by atoms with Crippen LogP contribution in [0.25, 0.3) is 0 Å². The quantitative estimate of drug-likeness (QED) is 0.748. The van der Waals surface area contributed by atoms with Gasteiger partial charge in [0.05, 0.1) is 5.56 Å². The second-order valence-corrected chi connectivity index (χ2v) is 5.73. The van der Waals surface area contributed by atoms with Crippen LogP contribution in [0.3, 0.4) is 0 Å². The third-order valence-electron chi connectivity index (χ3n) is 4.19. The molecule has 2 rings (SSSR count). The molecule has 0 bridgehead atoms. The van der Waals surface area contributed by atoms with Crippen LogP contribution in [0.4, 0.5) is 17.6 Å². The van der Waals surface area contributed by atoms with Crippen LogP contribution in [-0.2, 0) is 6.18 Å². The minimum atomic E-state index is -4.44. The van der Waals surface area contributed by atoms with E-state index in [9.17, 15) is 17.6 Å². The second kappa shape index (κ2) is 6.77. The monoisotopic (exact) mass is 303 g/mol. The Morgan fingerprint density at radius 1 is 1.24 bits per heavy atom. The van der Waals surface area contributed by atoms with Gasteiger partial charge in [-0.3, -0.25) is 0 Å². The summed E-state index contributed by atoms with van der Waals surface area (Å²) in [4.78, 5) is 0. The van der Waals surface area contributed by atoms with E-state index in [0.717, 1.165) is 43.9 Å². The Labute approximate surface area is 122 Å². The molecule has 1 saturated carbocycles. The Balaban J connectivity index is 2.25. The molecule has 0 aromatic heterocycles. The molecule has 0 radical (unpaired) electrons. The molecule has 21 heavy (non-hydrogen) atoms. The summed E-state index contributed by atoms with van der Waals surface area (Å²) in [7, 11) is 0. The lowest BCUT2D eigenvalue weighted by atomic mass is 9.92. The molecule has 1 aliphatic rings. The van der Waals surface area contributed by atoms with E-state index in [1.807, 2.05) is 6.92 Å². The average molecular weight is 303 g/mol. The summed E-state index contributed by atoms with van der Waals surface area (Å²) in [6.07, 6.45) is 0.757. The summed E-state index contributed by atoms with van der Waals surface area (Å²) in [5.41, 5.74) is -0.646. The van der Waals surface area contributed by atoms with Crippen molar-refractivity contribution in [1.29, 1.82) is 0 Å². The lowest BCUT2D eigenvalue weighted by molar-refractivity contribution is -0.137. The molecule has 0 aliphatic heterocycles. The summed E-state index contributed by atoms with van der Waals surface area (Å²) < 4.78 is 52.4. The van der Waals surface area contributed by atoms with Crippen molar-refractivity contribution >= 4 is 0 Å². The molecule has 1 atom stereocenters. The average Bonchev–Trinajstić information content (AvgIpc) is 2.90. The van der Waals surface area contributed by atoms with Gasteiger partial charge in [-0.1, -0.05) is 32.6 Å². The van der Waals surface area contributed by atoms with Gasteiger partial charge in [-0.25, -0.2) is 4.39 Å². The van der Waals surface area contributed by atoms with Crippen molar-refractivity contribution in [3.8, 4) is 0 Å². The molecule has 1 nitrogen and oxygen atoms in total. The van der Waals surface area contributed by atoms with Gasteiger partial charge in [0.15, 0.2) is 0 Å². The maximum absolute atomic E-state index is 14.0. The van der Waals surface area contributed by atoms with Crippen LogP contribution in [0.15, 0.2) is 18.2 Å². The first-order valence-electron chi connectivity index (χ1n) is 7.51. The highest BCUT2D eigenvalue weighted by Gasteiger charge is 2.32. The van der Waals surface area contributed by atoms with E-state index >= 15 is 0 Å². The number of halogens is 4. The number of benzene rings is 1. The van der Waals surface area contributed by atoms with Crippen molar-refractivity contribution in [2.45, 2.75) is 51.2 Å². The van der Waals surface area contributed by atoms with Crippen LogP contribution >= 0.6 is 0 Å². The number of rotatable bonds is 5. The van der Waals surface area contributed by atoms with Gasteiger partial charge >= 0.3 is 6.18 Å². The molecule has 1 N–H and O–H groups in total. The van der Waals surface area contributed by atoms with Crippen molar-refractivity contribution in [3.63, 3.8) is 0 Å². The third-order valence-corrected chi connectivity index (χ3v) is 4.19. The van der Waals surface area contributed by atoms with Gasteiger partial charge in [-0.2, -0.15) is 13.2 Å². The van der Waals surface area contributed by atoms with Crippen molar-refractivity contribution in [1.82, 2.24) is 5.32 Å². The maximum atomic E-state index is 14.0. The molecule has 1 aromatic rings. The van der Waals surface area contributed by atoms with Gasteiger partial charge in [0, 0.05) is 11.6 Å². The Morgan fingerprint density at radius 2 is 1.90 bits per heavy atom. The summed E-state index contributed by atoms with van der Waals surface area (Å²) in [5.74, 6) is -0.0880. The molecule has 118 valence electrons. The molecular formula is C16H21F4N. The van der Waals surface area contributed by atoms with Gasteiger partial charge in [-0.15, -0.1) is 0 Å². The zero-order valence-corrected chi connectivity index (χ0v) is 12.1. The van der Waals surface area contributed by atoms with Gasteiger partial charge < -0.3 is 5.32 Å². The minimum Gasteiger partial charge on any atom is -0.310 e. The van der Waals surface area contributed by atoms with Gasteiger partial charge in [0.2, 0.25) is 0 Å². The van der Waals surface area contributed by atoms with Crippen LogP contribution in [0, 0.1) is 11.7 Å². The predicted molar refractivity (Wildman–Crippen MR) is 74.4 cm³/mol. The maximum Gasteiger partial charge on any atom is 0.416 e. The molecule has 0 amide bonds. The Hall–Kier alpha value is -1.10. The Morgan fingerprint density at radius 3 is 2.48 bits per heavy atom. The van der Waals surface area contributed by atoms with Crippen LogP contribution in [-0.4, -0.2) is 6.54 Å². The Bertz CT molecular complexity index is 464. The van der Waals surface area contributed by atoms with Crippen LogP contribution in [0.1, 0.15) is 56.2 Å². The van der Waals surface area contributed by atoms with E-state index in [2.05, 4.69) is 5.32 Å². The van der Waals surface area contributed by atoms with E-state index in [0.29, 0.717) is 18.9 Å². The summed E-state index contributed by atoms with van der Waals surface area (Å²) in [6.45, 7) is 2.49. The SMILES string of the molecule is CCNC(CC1CCCC1)c1cc(C(F)(F)F)ccc1F. The number of hydrogen-bond donors (Lipinski definition) is 1. The van der Waals surface area contributed by atoms with Crippen LogP contribution in [0.2, 0.25) is 0 Å². The summed E-state index contributed by atoms with van der Waals surface area (Å²) >= 11 is 0. The number of nitrogens with one attached hydrogen (secondary N) is 1. The number of hydrogen-bond acceptors (Lipinski definition) is 1. The first-order valence-corrected chi connectivity index (χ1v) is 7.51. The smallest absolute Gasteiger partial charge is 0.310 e. The van der Waals surface area contributed by atoms with Gasteiger partial charge in [0.1, 0.15) is 5.82 Å². The molecule has 0 heterocycles. The normalized spacial score (nSPS) is 18.1. The van der Waals surface area contributed by atoms with Crippen LogP contribution < -0.4 is 5.32 Å². The zero-order valence-electron chi connectivity index (χ0n) is 12.1. The fourth-order valence-electron chi connectivity index (χ4n) is 3.13. The summed E-state index contributed by atoms with van der Waals surface area (Å²) in [5, 5.41) is 3.14. The molecule has 5 heteroatoms. The lowest BCUT2D eigenvalue weighted by Crippen LogP contribution is -2.24. The summed E-state index contributed by atoms with van der Waals surface area (Å²) in [6, 6.07) is 2.34. The standard InChI is InChI=1S/C16H21F4N/c1-2-21-15(9-11-5-3-4-6-11)13-10-12(16(18,19)20)7-8-14(13)17/h7-8,10-11,15,21H,2-6,9H2,1H3. The van der Waals surface area contributed by atoms with Crippen molar-refractivity contribution < 1.29 is 17.6 Å². The molecule has 0 saturated heterocycles. The van der Waals surface area contributed by atoms with Crippen LogP contribution in [0.5, 0.6) is 0 Å². The van der Waals surface area contributed by atoms with E-state index < -0.39 is 17.6 Å². The topological polar surface area (TPSA) is 12.0 Å². The minimum absolute atomic E-state index is 0.138. The van der Waals surface area contributed by atoms with Crippen molar-refractivity contribution in [2.24, 2.45) is 5.92 Å². The largest absolute Gasteiger partial charge is 0.416 e. The van der Waals surface area contributed by atoms with E-state index in [1.165, 1.54) is 0 Å².